The zero-order valence-electron chi connectivity index (χ0n) is 13.2. The van der Waals surface area contributed by atoms with E-state index in [1.165, 1.54) is 5.56 Å². The summed E-state index contributed by atoms with van der Waals surface area (Å²) in [6.45, 7) is 8.11. The van der Waals surface area contributed by atoms with E-state index in [-0.39, 0.29) is 6.04 Å². The first kappa shape index (κ1) is 15.5. The van der Waals surface area contributed by atoms with Crippen LogP contribution in [0.15, 0.2) is 30.6 Å². The second kappa shape index (κ2) is 7.22. The quantitative estimate of drug-likeness (QED) is 0.851. The lowest BCUT2D eigenvalue weighted by molar-refractivity contribution is 0.414. The van der Waals surface area contributed by atoms with Crippen molar-refractivity contribution in [3.63, 3.8) is 0 Å². The average Bonchev–Trinajstić information content (AvgIpc) is 2.91. The molecule has 0 spiro atoms. The molecule has 0 fully saturated rings. The first-order valence-electron chi connectivity index (χ1n) is 7.34. The lowest BCUT2D eigenvalue weighted by atomic mass is 10.1. The van der Waals surface area contributed by atoms with Crippen LogP contribution in [-0.4, -0.2) is 21.9 Å². The summed E-state index contributed by atoms with van der Waals surface area (Å²) in [5.74, 6) is 2.41. The van der Waals surface area contributed by atoms with E-state index in [2.05, 4.69) is 48.3 Å². The SMILES string of the molecule is COc1ccc([C@H](C)NCc2ncnn2CC(C)C)cc1. The summed E-state index contributed by atoms with van der Waals surface area (Å²) >= 11 is 0. The first-order chi connectivity index (χ1) is 10.1. The van der Waals surface area contributed by atoms with Crippen LogP contribution in [0.3, 0.4) is 0 Å². The molecule has 2 rings (SSSR count). The molecule has 0 bridgehead atoms. The Labute approximate surface area is 126 Å². The molecular weight excluding hydrogens is 264 g/mol. The molecule has 0 aliphatic carbocycles. The Morgan fingerprint density at radius 3 is 2.52 bits per heavy atom. The topological polar surface area (TPSA) is 52.0 Å². The molecule has 1 N–H and O–H groups in total. The van der Waals surface area contributed by atoms with E-state index in [9.17, 15) is 0 Å². The maximum atomic E-state index is 5.18. The fraction of sp³-hybridized carbons (Fsp3) is 0.500. The fourth-order valence-electron chi connectivity index (χ4n) is 2.18. The highest BCUT2D eigenvalue weighted by atomic mass is 16.5. The maximum absolute atomic E-state index is 5.18. The van der Waals surface area contributed by atoms with E-state index in [4.69, 9.17) is 4.74 Å². The van der Waals surface area contributed by atoms with Crippen molar-refractivity contribution in [2.24, 2.45) is 5.92 Å². The number of nitrogens with zero attached hydrogens (tertiary/aromatic N) is 3. The molecule has 0 saturated heterocycles. The third-order valence-electron chi connectivity index (χ3n) is 3.42. The molecule has 0 radical (unpaired) electrons. The smallest absolute Gasteiger partial charge is 0.140 e. The molecule has 0 unspecified atom stereocenters. The van der Waals surface area contributed by atoms with Crippen molar-refractivity contribution < 1.29 is 4.74 Å². The minimum atomic E-state index is 0.250. The number of methoxy groups -OCH3 is 1. The number of rotatable bonds is 7. The highest BCUT2D eigenvalue weighted by Gasteiger charge is 2.09. The van der Waals surface area contributed by atoms with E-state index < -0.39 is 0 Å². The van der Waals surface area contributed by atoms with Gasteiger partial charge in [0, 0.05) is 12.6 Å². The molecule has 1 atom stereocenters. The van der Waals surface area contributed by atoms with Gasteiger partial charge in [-0.05, 0) is 30.5 Å². The molecule has 0 saturated carbocycles. The van der Waals surface area contributed by atoms with Gasteiger partial charge in [0.25, 0.3) is 0 Å². The molecule has 0 aliphatic rings. The largest absolute Gasteiger partial charge is 0.497 e. The van der Waals surface area contributed by atoms with Gasteiger partial charge in [0.15, 0.2) is 0 Å². The van der Waals surface area contributed by atoms with Crippen LogP contribution in [0.1, 0.15) is 38.2 Å². The Hall–Kier alpha value is -1.88. The van der Waals surface area contributed by atoms with Crippen LogP contribution >= 0.6 is 0 Å². The van der Waals surface area contributed by atoms with Gasteiger partial charge in [-0.25, -0.2) is 9.67 Å². The van der Waals surface area contributed by atoms with Gasteiger partial charge in [-0.1, -0.05) is 26.0 Å². The average molecular weight is 288 g/mol. The van der Waals surface area contributed by atoms with Crippen LogP contribution in [0.5, 0.6) is 5.75 Å². The summed E-state index contributed by atoms with van der Waals surface area (Å²) < 4.78 is 7.15. The number of nitrogens with one attached hydrogen (secondary N) is 1. The van der Waals surface area contributed by atoms with Crippen LogP contribution < -0.4 is 10.1 Å². The summed E-state index contributed by atoms with van der Waals surface area (Å²) in [4.78, 5) is 4.33. The summed E-state index contributed by atoms with van der Waals surface area (Å²) in [6.07, 6.45) is 1.62. The van der Waals surface area contributed by atoms with E-state index >= 15 is 0 Å². The standard InChI is InChI=1S/C16H24N4O/c1-12(2)10-20-16(18-11-19-20)9-17-13(3)14-5-7-15(21-4)8-6-14/h5-8,11-13,17H,9-10H2,1-4H3/t13-/m0/s1. The van der Waals surface area contributed by atoms with Gasteiger partial charge in [0.1, 0.15) is 17.9 Å². The summed E-state index contributed by atoms with van der Waals surface area (Å²) in [5, 5.41) is 7.77. The highest BCUT2D eigenvalue weighted by molar-refractivity contribution is 5.28. The van der Waals surface area contributed by atoms with E-state index in [0.29, 0.717) is 12.5 Å². The van der Waals surface area contributed by atoms with Crippen LogP contribution in [0.25, 0.3) is 0 Å². The zero-order chi connectivity index (χ0) is 15.2. The van der Waals surface area contributed by atoms with Crippen LogP contribution in [0.4, 0.5) is 0 Å². The van der Waals surface area contributed by atoms with Gasteiger partial charge in [-0.15, -0.1) is 0 Å². The maximum Gasteiger partial charge on any atom is 0.140 e. The van der Waals surface area contributed by atoms with Crippen LogP contribution in [0.2, 0.25) is 0 Å². The summed E-state index contributed by atoms with van der Waals surface area (Å²) in [5.41, 5.74) is 1.23. The van der Waals surface area contributed by atoms with Gasteiger partial charge in [0.05, 0.1) is 13.7 Å². The van der Waals surface area contributed by atoms with Gasteiger partial charge >= 0.3 is 0 Å². The van der Waals surface area contributed by atoms with Crippen molar-refractivity contribution in [3.05, 3.63) is 42.0 Å². The van der Waals surface area contributed by atoms with Crippen molar-refractivity contribution in [3.8, 4) is 5.75 Å². The Balaban J connectivity index is 1.94. The van der Waals surface area contributed by atoms with E-state index in [1.807, 2.05) is 16.8 Å². The number of hydrogen-bond donors (Lipinski definition) is 1. The summed E-state index contributed by atoms with van der Waals surface area (Å²) in [7, 11) is 1.68. The molecule has 1 aromatic carbocycles. The Bertz CT molecular complexity index is 548. The second-order valence-electron chi connectivity index (χ2n) is 5.63. The molecule has 1 heterocycles. The summed E-state index contributed by atoms with van der Waals surface area (Å²) in [6, 6.07) is 8.37. The molecule has 5 nitrogen and oxygen atoms in total. The van der Waals surface area contributed by atoms with Crippen molar-refractivity contribution >= 4 is 0 Å². The Morgan fingerprint density at radius 1 is 1.19 bits per heavy atom. The predicted octanol–water partition coefficient (Wildman–Crippen LogP) is 2.79. The van der Waals surface area contributed by atoms with Crippen molar-refractivity contribution in [1.29, 1.82) is 0 Å². The number of benzene rings is 1. The molecule has 21 heavy (non-hydrogen) atoms. The zero-order valence-corrected chi connectivity index (χ0v) is 13.2. The van der Waals surface area contributed by atoms with Crippen molar-refractivity contribution in [1.82, 2.24) is 20.1 Å². The minimum absolute atomic E-state index is 0.250. The second-order valence-corrected chi connectivity index (χ2v) is 5.63. The molecule has 1 aromatic heterocycles. The molecule has 114 valence electrons. The highest BCUT2D eigenvalue weighted by Crippen LogP contribution is 2.17. The van der Waals surface area contributed by atoms with Crippen LogP contribution in [0, 0.1) is 5.92 Å². The normalized spacial score (nSPS) is 12.6. The van der Waals surface area contributed by atoms with Gasteiger partial charge in [-0.3, -0.25) is 0 Å². The Morgan fingerprint density at radius 2 is 1.90 bits per heavy atom. The molecule has 0 aliphatic heterocycles. The van der Waals surface area contributed by atoms with Crippen LogP contribution in [-0.2, 0) is 13.1 Å². The van der Waals surface area contributed by atoms with Crippen molar-refractivity contribution in [2.75, 3.05) is 7.11 Å². The fourth-order valence-corrected chi connectivity index (χ4v) is 2.18. The molecule has 2 aromatic rings. The Kier molecular flexibility index (Phi) is 5.33. The lowest BCUT2D eigenvalue weighted by Crippen LogP contribution is -2.22. The first-order valence-corrected chi connectivity index (χ1v) is 7.34. The third-order valence-corrected chi connectivity index (χ3v) is 3.42. The predicted molar refractivity (Wildman–Crippen MR) is 83.1 cm³/mol. The number of aromatic nitrogens is 3. The van der Waals surface area contributed by atoms with E-state index in [0.717, 1.165) is 18.1 Å². The number of ether oxygens (including phenoxy) is 1. The minimum Gasteiger partial charge on any atom is -0.497 e. The number of hydrogen-bond acceptors (Lipinski definition) is 4. The van der Waals surface area contributed by atoms with Crippen molar-refractivity contribution in [2.45, 2.75) is 39.9 Å². The van der Waals surface area contributed by atoms with Gasteiger partial charge in [-0.2, -0.15) is 5.10 Å². The van der Waals surface area contributed by atoms with Gasteiger partial charge in [0.2, 0.25) is 0 Å². The monoisotopic (exact) mass is 288 g/mol. The lowest BCUT2D eigenvalue weighted by Gasteiger charge is -2.15. The van der Waals surface area contributed by atoms with E-state index in [1.54, 1.807) is 13.4 Å². The molecular formula is C16H24N4O. The molecule has 0 amide bonds. The molecule has 5 heteroatoms. The third kappa shape index (κ3) is 4.29. The van der Waals surface area contributed by atoms with Gasteiger partial charge < -0.3 is 10.1 Å².